The molecule has 1 aliphatic rings. The summed E-state index contributed by atoms with van der Waals surface area (Å²) in [5.74, 6) is 0.619. The lowest BCUT2D eigenvalue weighted by molar-refractivity contribution is -0.120. The molecule has 1 aliphatic heterocycles. The number of halogens is 1. The number of hydrogen-bond acceptors (Lipinski definition) is 3. The van der Waals surface area contributed by atoms with Crippen LogP contribution in [0, 0.1) is 5.92 Å². The minimum absolute atomic E-state index is 0. The second-order valence-electron chi connectivity index (χ2n) is 7.08. The molecule has 5 nitrogen and oxygen atoms in total. The predicted octanol–water partition coefficient (Wildman–Crippen LogP) is 3.19. The fraction of sp³-hybridized carbons (Fsp3) is 0.364. The van der Waals surface area contributed by atoms with E-state index in [0.29, 0.717) is 24.3 Å². The molecular formula is C22H28ClN3O2. The molecule has 1 atom stereocenters. The summed E-state index contributed by atoms with van der Waals surface area (Å²) >= 11 is 0. The molecule has 0 saturated carbocycles. The molecule has 1 heterocycles. The molecule has 2 amide bonds. The molecule has 0 spiro atoms. The molecule has 1 saturated heterocycles. The zero-order chi connectivity index (χ0) is 19.1. The van der Waals surface area contributed by atoms with E-state index in [1.165, 1.54) is 12.0 Å². The Hall–Kier alpha value is -2.37. The minimum Gasteiger partial charge on any atom is -0.359 e. The number of benzene rings is 2. The number of amides is 2. The summed E-state index contributed by atoms with van der Waals surface area (Å²) in [6.45, 7) is 2.19. The van der Waals surface area contributed by atoms with Gasteiger partial charge >= 0.3 is 0 Å². The van der Waals surface area contributed by atoms with Crippen molar-refractivity contribution < 1.29 is 9.59 Å². The zero-order valence-corrected chi connectivity index (χ0v) is 17.0. The summed E-state index contributed by atoms with van der Waals surface area (Å²) in [6.07, 6.45) is 3.44. The standard InChI is InChI=1S/C22H27N3O2.ClH/c1-23-21(26)11-6-16-4-9-20(10-5-16)25-22(27)19-7-2-17(3-8-19)14-18-12-13-24-15-18;/h2-5,7-10,18,24H,6,11-15H2,1H3,(H,23,26)(H,25,27);1H. The van der Waals surface area contributed by atoms with Crippen LogP contribution in [-0.4, -0.2) is 32.0 Å². The van der Waals surface area contributed by atoms with Crippen LogP contribution in [0.15, 0.2) is 48.5 Å². The number of hydrogen-bond donors (Lipinski definition) is 3. The molecule has 2 aromatic rings. The van der Waals surface area contributed by atoms with Crippen molar-refractivity contribution in [3.8, 4) is 0 Å². The first-order chi connectivity index (χ1) is 13.1. The van der Waals surface area contributed by atoms with Gasteiger partial charge in [-0.3, -0.25) is 9.59 Å². The van der Waals surface area contributed by atoms with Gasteiger partial charge in [-0.25, -0.2) is 0 Å². The first kappa shape index (κ1) is 21.9. The van der Waals surface area contributed by atoms with Gasteiger partial charge in [0, 0.05) is 24.7 Å². The van der Waals surface area contributed by atoms with Crippen molar-refractivity contribution in [2.75, 3.05) is 25.5 Å². The molecule has 6 heteroatoms. The summed E-state index contributed by atoms with van der Waals surface area (Å²) < 4.78 is 0. The van der Waals surface area contributed by atoms with Gasteiger partial charge in [0.05, 0.1) is 0 Å². The summed E-state index contributed by atoms with van der Waals surface area (Å²) in [4.78, 5) is 23.7. The Labute approximate surface area is 172 Å². The van der Waals surface area contributed by atoms with Gasteiger partial charge < -0.3 is 16.0 Å². The molecule has 0 radical (unpaired) electrons. The van der Waals surface area contributed by atoms with Crippen molar-refractivity contribution in [3.63, 3.8) is 0 Å². The van der Waals surface area contributed by atoms with Gasteiger partial charge in [-0.2, -0.15) is 0 Å². The lowest BCUT2D eigenvalue weighted by Gasteiger charge is -2.10. The van der Waals surface area contributed by atoms with Gasteiger partial charge in [0.15, 0.2) is 0 Å². The van der Waals surface area contributed by atoms with E-state index in [1.807, 2.05) is 36.4 Å². The number of anilines is 1. The Morgan fingerprint density at radius 2 is 1.71 bits per heavy atom. The van der Waals surface area contributed by atoms with Crippen LogP contribution in [0.4, 0.5) is 5.69 Å². The highest BCUT2D eigenvalue weighted by molar-refractivity contribution is 6.04. The highest BCUT2D eigenvalue weighted by atomic mass is 35.5. The van der Waals surface area contributed by atoms with Gasteiger partial charge in [-0.05, 0) is 73.7 Å². The average molecular weight is 402 g/mol. The van der Waals surface area contributed by atoms with E-state index in [0.717, 1.165) is 30.8 Å². The van der Waals surface area contributed by atoms with E-state index in [-0.39, 0.29) is 24.2 Å². The van der Waals surface area contributed by atoms with E-state index in [1.54, 1.807) is 7.05 Å². The number of aryl methyl sites for hydroxylation is 1. The second-order valence-corrected chi connectivity index (χ2v) is 7.08. The van der Waals surface area contributed by atoms with E-state index >= 15 is 0 Å². The molecule has 0 aliphatic carbocycles. The highest BCUT2D eigenvalue weighted by Crippen LogP contribution is 2.17. The maximum atomic E-state index is 12.4. The quantitative estimate of drug-likeness (QED) is 0.667. The van der Waals surface area contributed by atoms with Crippen molar-refractivity contribution in [2.24, 2.45) is 5.92 Å². The SMILES string of the molecule is CNC(=O)CCc1ccc(NC(=O)c2ccc(CC3CCNC3)cc2)cc1.Cl. The lowest BCUT2D eigenvalue weighted by atomic mass is 9.98. The Bertz CT molecular complexity index is 769. The van der Waals surface area contributed by atoms with E-state index in [4.69, 9.17) is 0 Å². The zero-order valence-electron chi connectivity index (χ0n) is 16.2. The second kappa shape index (κ2) is 10.8. The molecule has 150 valence electrons. The molecule has 2 aromatic carbocycles. The summed E-state index contributed by atoms with van der Waals surface area (Å²) in [5, 5.41) is 8.93. The minimum atomic E-state index is -0.109. The fourth-order valence-corrected chi connectivity index (χ4v) is 3.36. The maximum Gasteiger partial charge on any atom is 0.255 e. The lowest BCUT2D eigenvalue weighted by Crippen LogP contribution is -2.17. The van der Waals surface area contributed by atoms with Gasteiger partial charge in [0.2, 0.25) is 5.91 Å². The maximum absolute atomic E-state index is 12.4. The van der Waals surface area contributed by atoms with Gasteiger partial charge in [0.1, 0.15) is 0 Å². The van der Waals surface area contributed by atoms with Crippen molar-refractivity contribution in [1.82, 2.24) is 10.6 Å². The first-order valence-electron chi connectivity index (χ1n) is 9.54. The number of nitrogens with one attached hydrogen (secondary N) is 3. The van der Waals surface area contributed by atoms with Gasteiger partial charge in [-0.1, -0.05) is 24.3 Å². The Balaban J connectivity index is 0.00000280. The van der Waals surface area contributed by atoms with Crippen molar-refractivity contribution >= 4 is 29.9 Å². The number of carbonyl (C=O) groups is 2. The average Bonchev–Trinajstić information content (AvgIpc) is 3.20. The van der Waals surface area contributed by atoms with E-state index < -0.39 is 0 Å². The number of carbonyl (C=O) groups excluding carboxylic acids is 2. The molecular weight excluding hydrogens is 374 g/mol. The fourth-order valence-electron chi connectivity index (χ4n) is 3.36. The van der Waals surface area contributed by atoms with E-state index in [2.05, 4.69) is 28.1 Å². The molecule has 3 N–H and O–H groups in total. The van der Waals surface area contributed by atoms with Crippen molar-refractivity contribution in [2.45, 2.75) is 25.7 Å². The topological polar surface area (TPSA) is 70.2 Å². The van der Waals surface area contributed by atoms with Crippen molar-refractivity contribution in [3.05, 3.63) is 65.2 Å². The van der Waals surface area contributed by atoms with Crippen LogP contribution in [0.2, 0.25) is 0 Å². The summed E-state index contributed by atoms with van der Waals surface area (Å²) in [7, 11) is 1.64. The highest BCUT2D eigenvalue weighted by Gasteiger charge is 2.15. The van der Waals surface area contributed by atoms with E-state index in [9.17, 15) is 9.59 Å². The van der Waals surface area contributed by atoms with Crippen molar-refractivity contribution in [1.29, 1.82) is 0 Å². The molecule has 0 aromatic heterocycles. The molecule has 1 fully saturated rings. The van der Waals surface area contributed by atoms with Gasteiger partial charge in [-0.15, -0.1) is 12.4 Å². The predicted molar refractivity (Wildman–Crippen MR) is 115 cm³/mol. The third-order valence-electron chi connectivity index (χ3n) is 5.03. The first-order valence-corrected chi connectivity index (χ1v) is 9.54. The van der Waals surface area contributed by atoms with Crippen LogP contribution < -0.4 is 16.0 Å². The van der Waals surface area contributed by atoms with Crippen LogP contribution in [0.1, 0.15) is 34.3 Å². The Morgan fingerprint density at radius 3 is 2.32 bits per heavy atom. The number of rotatable bonds is 7. The largest absolute Gasteiger partial charge is 0.359 e. The van der Waals surface area contributed by atoms with Crippen LogP contribution in [0.3, 0.4) is 0 Å². The third kappa shape index (κ3) is 6.36. The normalized spacial score (nSPS) is 15.5. The Morgan fingerprint density at radius 1 is 1.04 bits per heavy atom. The van der Waals surface area contributed by atoms with Gasteiger partial charge in [0.25, 0.3) is 5.91 Å². The molecule has 1 unspecified atom stereocenters. The molecule has 28 heavy (non-hydrogen) atoms. The smallest absolute Gasteiger partial charge is 0.255 e. The summed E-state index contributed by atoms with van der Waals surface area (Å²) in [5.41, 5.74) is 3.76. The molecule has 3 rings (SSSR count). The van der Waals surface area contributed by atoms with Crippen LogP contribution in [-0.2, 0) is 17.6 Å². The monoisotopic (exact) mass is 401 g/mol. The third-order valence-corrected chi connectivity index (χ3v) is 5.03. The molecule has 0 bridgehead atoms. The van der Waals surface area contributed by atoms with Crippen LogP contribution in [0.5, 0.6) is 0 Å². The summed E-state index contributed by atoms with van der Waals surface area (Å²) in [6, 6.07) is 15.5. The Kier molecular flexibility index (Phi) is 8.48. The van der Waals surface area contributed by atoms with Crippen LogP contribution >= 0.6 is 12.4 Å². The van der Waals surface area contributed by atoms with Crippen LogP contribution in [0.25, 0.3) is 0 Å².